The van der Waals surface area contributed by atoms with Crippen LogP contribution in [0.25, 0.3) is 0 Å². The molecule has 1 unspecified atom stereocenters. The Morgan fingerprint density at radius 2 is 2.07 bits per heavy atom. The lowest BCUT2D eigenvalue weighted by Gasteiger charge is -2.33. The Bertz CT molecular complexity index is 712. The normalized spacial score (nSPS) is 20.1. The maximum Gasteiger partial charge on any atom is 0.219 e. The molecule has 0 saturated carbocycles. The van der Waals surface area contributed by atoms with Crippen molar-refractivity contribution in [2.24, 2.45) is 4.99 Å². The molecule has 0 bridgehead atoms. The highest BCUT2D eigenvalue weighted by Crippen LogP contribution is 2.20. The number of carbonyl (C=O) groups is 1. The van der Waals surface area contributed by atoms with E-state index in [-0.39, 0.29) is 41.7 Å². The maximum atomic E-state index is 14.0. The number of aromatic nitrogens is 1. The second kappa shape index (κ2) is 12.2. The van der Waals surface area contributed by atoms with Crippen LogP contribution in [0.4, 0.5) is 10.2 Å². The smallest absolute Gasteiger partial charge is 0.219 e. The number of piperazine rings is 1. The largest absolute Gasteiger partial charge is 0.357 e. The third kappa shape index (κ3) is 6.93. The van der Waals surface area contributed by atoms with E-state index in [0.29, 0.717) is 18.9 Å². The van der Waals surface area contributed by atoms with E-state index in [2.05, 4.69) is 20.5 Å². The van der Waals surface area contributed by atoms with Gasteiger partial charge in [0, 0.05) is 71.5 Å². The van der Waals surface area contributed by atoms with E-state index in [4.69, 9.17) is 4.99 Å². The zero-order chi connectivity index (χ0) is 20.6. The molecule has 2 saturated heterocycles. The van der Waals surface area contributed by atoms with Crippen LogP contribution in [-0.2, 0) is 4.79 Å². The summed E-state index contributed by atoms with van der Waals surface area (Å²) < 4.78 is 14.0. The van der Waals surface area contributed by atoms with Crippen molar-refractivity contribution in [3.63, 3.8) is 0 Å². The molecule has 1 amide bonds. The van der Waals surface area contributed by atoms with Crippen LogP contribution in [0.5, 0.6) is 0 Å². The van der Waals surface area contributed by atoms with Gasteiger partial charge in [-0.2, -0.15) is 0 Å². The van der Waals surface area contributed by atoms with Gasteiger partial charge in [0.25, 0.3) is 0 Å². The number of hydrogen-bond donors (Lipinski definition) is 2. The average Bonchev–Trinajstić information content (AvgIpc) is 3.17. The lowest BCUT2D eigenvalue weighted by atomic mass is 10.3. The molecule has 10 heteroatoms. The van der Waals surface area contributed by atoms with E-state index in [1.54, 1.807) is 19.2 Å². The van der Waals surface area contributed by atoms with Crippen molar-refractivity contribution in [1.29, 1.82) is 0 Å². The minimum Gasteiger partial charge on any atom is -0.357 e. The predicted molar refractivity (Wildman–Crippen MR) is 128 cm³/mol. The van der Waals surface area contributed by atoms with Crippen LogP contribution in [-0.4, -0.2) is 91.6 Å². The van der Waals surface area contributed by atoms with E-state index >= 15 is 0 Å². The van der Waals surface area contributed by atoms with Gasteiger partial charge in [-0.25, -0.2) is 9.37 Å². The van der Waals surface area contributed by atoms with Crippen LogP contribution >= 0.6 is 24.0 Å². The van der Waals surface area contributed by atoms with Crippen molar-refractivity contribution in [3.8, 4) is 0 Å². The number of carbonyl (C=O) groups excluding carboxylic acids is 1. The Morgan fingerprint density at radius 1 is 1.30 bits per heavy atom. The number of guanidine groups is 1. The van der Waals surface area contributed by atoms with Crippen LogP contribution in [0.1, 0.15) is 20.3 Å². The second-order valence-electron chi connectivity index (χ2n) is 7.49. The zero-order valence-corrected chi connectivity index (χ0v) is 20.1. The van der Waals surface area contributed by atoms with Crippen molar-refractivity contribution >= 4 is 41.7 Å². The van der Waals surface area contributed by atoms with E-state index < -0.39 is 0 Å². The summed E-state index contributed by atoms with van der Waals surface area (Å²) >= 11 is 0. The number of amides is 1. The Morgan fingerprint density at radius 3 is 2.73 bits per heavy atom. The van der Waals surface area contributed by atoms with Crippen LogP contribution < -0.4 is 15.5 Å². The first kappa shape index (κ1) is 24.6. The molecule has 0 spiro atoms. The van der Waals surface area contributed by atoms with Crippen LogP contribution in [0.3, 0.4) is 0 Å². The Hall–Kier alpha value is -1.69. The highest BCUT2D eigenvalue weighted by molar-refractivity contribution is 14.0. The highest BCUT2D eigenvalue weighted by Gasteiger charge is 2.26. The summed E-state index contributed by atoms with van der Waals surface area (Å²) in [7, 11) is 0. The van der Waals surface area contributed by atoms with Gasteiger partial charge in [-0.3, -0.25) is 14.7 Å². The van der Waals surface area contributed by atoms with Gasteiger partial charge < -0.3 is 20.4 Å². The van der Waals surface area contributed by atoms with Gasteiger partial charge >= 0.3 is 0 Å². The number of anilines is 1. The molecule has 2 aliphatic rings. The maximum absolute atomic E-state index is 14.0. The summed E-state index contributed by atoms with van der Waals surface area (Å²) in [5, 5.41) is 6.77. The van der Waals surface area contributed by atoms with E-state index in [1.165, 1.54) is 6.07 Å². The molecule has 0 radical (unpaired) electrons. The summed E-state index contributed by atoms with van der Waals surface area (Å²) in [5.74, 6) is 1.09. The quantitative estimate of drug-likeness (QED) is 0.325. The summed E-state index contributed by atoms with van der Waals surface area (Å²) in [6.07, 6.45) is 2.54. The first-order valence-corrected chi connectivity index (χ1v) is 10.4. The molecule has 2 N–H and O–H groups in total. The summed E-state index contributed by atoms with van der Waals surface area (Å²) in [6.45, 7) is 10.9. The van der Waals surface area contributed by atoms with Gasteiger partial charge in [-0.1, -0.05) is 0 Å². The third-order valence-electron chi connectivity index (χ3n) is 5.42. The number of hydrogen-bond acceptors (Lipinski definition) is 5. The van der Waals surface area contributed by atoms with Crippen molar-refractivity contribution < 1.29 is 9.18 Å². The molecule has 168 valence electrons. The van der Waals surface area contributed by atoms with E-state index in [1.807, 2.05) is 16.7 Å². The number of aliphatic imine (C=N–C) groups is 1. The monoisotopic (exact) mass is 533 g/mol. The standard InChI is InChI=1S/C20H32FN7O.HI/c1-3-22-20(24-8-10-26-11-13-27(14-12-26)16(2)29)25-17-6-9-28(15-17)19-18(21)5-4-7-23-19;/h4-5,7,17H,3,6,8-15H2,1-2H3,(H2,22,24,25);1H. The van der Waals surface area contributed by atoms with E-state index in [9.17, 15) is 9.18 Å². The summed E-state index contributed by atoms with van der Waals surface area (Å²) in [6, 6.07) is 3.26. The molecule has 1 aromatic rings. The first-order chi connectivity index (χ1) is 14.1. The molecule has 3 heterocycles. The van der Waals surface area contributed by atoms with Crippen molar-refractivity contribution in [2.75, 3.05) is 63.8 Å². The fraction of sp³-hybridized carbons (Fsp3) is 0.650. The number of nitrogens with zero attached hydrogens (tertiary/aromatic N) is 5. The van der Waals surface area contributed by atoms with Gasteiger partial charge in [0.15, 0.2) is 17.6 Å². The molecular formula is C20H33FIN7O. The Balaban J connectivity index is 0.00000320. The Labute approximate surface area is 195 Å². The van der Waals surface area contributed by atoms with Crippen molar-refractivity contribution in [3.05, 3.63) is 24.1 Å². The van der Waals surface area contributed by atoms with Gasteiger partial charge in [0.1, 0.15) is 0 Å². The molecule has 0 aromatic carbocycles. The van der Waals surface area contributed by atoms with Gasteiger partial charge in [0.05, 0.1) is 6.54 Å². The second-order valence-corrected chi connectivity index (χ2v) is 7.49. The molecule has 2 aliphatic heterocycles. The number of halogens is 2. The van der Waals surface area contributed by atoms with Gasteiger partial charge in [-0.05, 0) is 25.5 Å². The van der Waals surface area contributed by atoms with Crippen LogP contribution in [0.2, 0.25) is 0 Å². The third-order valence-corrected chi connectivity index (χ3v) is 5.42. The molecular weight excluding hydrogens is 500 g/mol. The fourth-order valence-electron chi connectivity index (χ4n) is 3.78. The summed E-state index contributed by atoms with van der Waals surface area (Å²) in [5.41, 5.74) is 0. The van der Waals surface area contributed by atoms with Crippen molar-refractivity contribution in [2.45, 2.75) is 26.3 Å². The van der Waals surface area contributed by atoms with Gasteiger partial charge in [0.2, 0.25) is 5.91 Å². The molecule has 1 atom stereocenters. The minimum atomic E-state index is -0.279. The van der Waals surface area contributed by atoms with E-state index in [0.717, 1.165) is 58.2 Å². The number of rotatable bonds is 6. The first-order valence-electron chi connectivity index (χ1n) is 10.4. The van der Waals surface area contributed by atoms with Crippen molar-refractivity contribution in [1.82, 2.24) is 25.4 Å². The van der Waals surface area contributed by atoms with Gasteiger partial charge in [-0.15, -0.1) is 24.0 Å². The zero-order valence-electron chi connectivity index (χ0n) is 17.8. The fourth-order valence-corrected chi connectivity index (χ4v) is 3.78. The molecule has 1 aromatic heterocycles. The van der Waals surface area contributed by atoms with Crippen LogP contribution in [0, 0.1) is 5.82 Å². The number of nitrogens with one attached hydrogen (secondary N) is 2. The van der Waals surface area contributed by atoms with Crippen LogP contribution in [0.15, 0.2) is 23.3 Å². The molecule has 8 nitrogen and oxygen atoms in total. The lowest BCUT2D eigenvalue weighted by molar-refractivity contribution is -0.130. The highest BCUT2D eigenvalue weighted by atomic mass is 127. The molecule has 3 rings (SSSR count). The SMILES string of the molecule is CCNC(=NCCN1CCN(C(C)=O)CC1)NC1CCN(c2ncccc2F)C1.I. The number of pyridine rings is 1. The molecule has 0 aliphatic carbocycles. The topological polar surface area (TPSA) is 76.1 Å². The minimum absolute atomic E-state index is 0. The molecule has 30 heavy (non-hydrogen) atoms. The lowest BCUT2D eigenvalue weighted by Crippen LogP contribution is -2.49. The summed E-state index contributed by atoms with van der Waals surface area (Å²) in [4.78, 5) is 26.5. The Kier molecular flexibility index (Phi) is 10.0. The average molecular weight is 533 g/mol. The molecule has 2 fully saturated rings. The predicted octanol–water partition coefficient (Wildman–Crippen LogP) is 1.14.